The Morgan fingerprint density at radius 1 is 1.50 bits per heavy atom. The van der Waals surface area contributed by atoms with Crippen molar-refractivity contribution in [2.45, 2.75) is 10.1 Å². The van der Waals surface area contributed by atoms with E-state index in [0.717, 1.165) is 32.8 Å². The Kier molecular flexibility index (Phi) is 2.66. The molecule has 0 fully saturated rings. The molecule has 0 saturated heterocycles. The third-order valence-corrected chi connectivity index (χ3v) is 3.04. The number of benzene rings is 1. The molecular weight excluding hydrogens is 214 g/mol. The minimum Gasteiger partial charge on any atom is -0.332 e. The van der Waals surface area contributed by atoms with Gasteiger partial charge in [-0.15, -0.1) is 0 Å². The van der Waals surface area contributed by atoms with Gasteiger partial charge in [0.15, 0.2) is 5.16 Å². The van der Waals surface area contributed by atoms with Gasteiger partial charge in [-0.05, 0) is 30.2 Å². The zero-order valence-corrected chi connectivity index (χ0v) is 9.08. The molecule has 1 heterocycles. The lowest BCUT2D eigenvalue weighted by Crippen LogP contribution is -1.73. The summed E-state index contributed by atoms with van der Waals surface area (Å²) in [5.41, 5.74) is 1.86. The lowest BCUT2D eigenvalue weighted by Gasteiger charge is -1.93. The average Bonchev–Trinajstić information content (AvgIpc) is 2.62. The third kappa shape index (κ3) is 1.59. The Bertz CT molecular complexity index is 498. The summed E-state index contributed by atoms with van der Waals surface area (Å²) in [6, 6.07) is 5.76. The predicted octanol–water partition coefficient (Wildman–Crippen LogP) is 2.86. The number of thiocyanates is 1. The van der Waals surface area contributed by atoms with Gasteiger partial charge in [-0.1, -0.05) is 17.8 Å². The molecule has 2 rings (SSSR count). The van der Waals surface area contributed by atoms with Gasteiger partial charge in [0.2, 0.25) is 0 Å². The number of imidazole rings is 1. The van der Waals surface area contributed by atoms with E-state index in [9.17, 15) is 0 Å². The van der Waals surface area contributed by atoms with Crippen molar-refractivity contribution >= 4 is 34.6 Å². The van der Waals surface area contributed by atoms with E-state index in [-0.39, 0.29) is 0 Å². The number of rotatable bonds is 2. The standard InChI is InChI=1S/C9H7N3S2/c1-13-9-11-6-3-2-4-7(14-5-10)8(6)12-9/h2-4H,1H3,(H,11,12). The second-order valence-electron chi connectivity index (χ2n) is 2.59. The number of aromatic nitrogens is 2. The maximum atomic E-state index is 8.62. The zero-order chi connectivity index (χ0) is 9.97. The summed E-state index contributed by atoms with van der Waals surface area (Å²) in [6.07, 6.45) is 1.97. The van der Waals surface area contributed by atoms with Gasteiger partial charge in [-0.3, -0.25) is 0 Å². The Labute approximate surface area is 89.9 Å². The molecular formula is C9H7N3S2. The van der Waals surface area contributed by atoms with Crippen LogP contribution in [0.1, 0.15) is 0 Å². The van der Waals surface area contributed by atoms with Gasteiger partial charge in [-0.2, -0.15) is 5.26 Å². The van der Waals surface area contributed by atoms with E-state index in [2.05, 4.69) is 15.4 Å². The second-order valence-corrected chi connectivity index (χ2v) is 4.21. The lowest BCUT2D eigenvalue weighted by atomic mass is 10.3. The molecule has 3 nitrogen and oxygen atoms in total. The van der Waals surface area contributed by atoms with Gasteiger partial charge in [0, 0.05) is 4.90 Å². The van der Waals surface area contributed by atoms with Crippen LogP contribution in [-0.2, 0) is 0 Å². The normalized spacial score (nSPS) is 10.3. The molecule has 0 aliphatic heterocycles. The first kappa shape index (κ1) is 9.44. The monoisotopic (exact) mass is 221 g/mol. The average molecular weight is 221 g/mol. The number of nitrogens with one attached hydrogen (secondary N) is 1. The predicted molar refractivity (Wildman–Crippen MR) is 59.3 cm³/mol. The van der Waals surface area contributed by atoms with Crippen LogP contribution in [0, 0.1) is 10.7 Å². The molecule has 1 N–H and O–H groups in total. The van der Waals surface area contributed by atoms with Crippen molar-refractivity contribution in [3.8, 4) is 5.40 Å². The van der Waals surface area contributed by atoms with E-state index in [1.54, 1.807) is 11.8 Å². The van der Waals surface area contributed by atoms with Gasteiger partial charge in [0.1, 0.15) is 5.40 Å². The zero-order valence-electron chi connectivity index (χ0n) is 7.44. The molecule has 1 aromatic heterocycles. The van der Waals surface area contributed by atoms with Crippen molar-refractivity contribution in [1.29, 1.82) is 5.26 Å². The molecule has 0 unspecified atom stereocenters. The first-order valence-electron chi connectivity index (χ1n) is 3.94. The maximum Gasteiger partial charge on any atom is 0.166 e. The maximum absolute atomic E-state index is 8.62. The molecule has 0 radical (unpaired) electrons. The molecule has 0 bridgehead atoms. The molecule has 0 aliphatic carbocycles. The van der Waals surface area contributed by atoms with Crippen LogP contribution in [0.4, 0.5) is 0 Å². The van der Waals surface area contributed by atoms with Gasteiger partial charge < -0.3 is 4.98 Å². The van der Waals surface area contributed by atoms with Crippen molar-refractivity contribution in [3.05, 3.63) is 18.2 Å². The highest BCUT2D eigenvalue weighted by atomic mass is 32.2. The van der Waals surface area contributed by atoms with Crippen molar-refractivity contribution in [2.75, 3.05) is 6.26 Å². The number of hydrogen-bond acceptors (Lipinski definition) is 4. The number of fused-ring (bicyclic) bond motifs is 1. The van der Waals surface area contributed by atoms with Crippen LogP contribution in [0.2, 0.25) is 0 Å². The number of nitrogens with zero attached hydrogens (tertiary/aromatic N) is 2. The van der Waals surface area contributed by atoms with E-state index in [1.807, 2.05) is 24.5 Å². The summed E-state index contributed by atoms with van der Waals surface area (Å²) in [6.45, 7) is 0. The second kappa shape index (κ2) is 3.95. The third-order valence-electron chi connectivity index (χ3n) is 1.81. The van der Waals surface area contributed by atoms with E-state index < -0.39 is 0 Å². The van der Waals surface area contributed by atoms with E-state index in [4.69, 9.17) is 5.26 Å². The van der Waals surface area contributed by atoms with Crippen LogP contribution in [0.15, 0.2) is 28.3 Å². The number of hydrogen-bond donors (Lipinski definition) is 1. The van der Waals surface area contributed by atoms with E-state index in [0.29, 0.717) is 0 Å². The summed E-state index contributed by atoms with van der Waals surface area (Å²) >= 11 is 2.72. The van der Waals surface area contributed by atoms with Crippen LogP contribution in [-0.4, -0.2) is 16.2 Å². The highest BCUT2D eigenvalue weighted by molar-refractivity contribution is 8.04. The first-order chi connectivity index (χ1) is 6.85. The molecule has 0 saturated carbocycles. The SMILES string of the molecule is CSc1nc2cccc(SC#N)c2[nH]1. The molecule has 14 heavy (non-hydrogen) atoms. The highest BCUT2D eigenvalue weighted by Gasteiger charge is 2.06. The quantitative estimate of drug-likeness (QED) is 0.626. The van der Waals surface area contributed by atoms with Crippen LogP contribution in [0.3, 0.4) is 0 Å². The van der Waals surface area contributed by atoms with Crippen LogP contribution < -0.4 is 0 Å². The molecule has 1 aromatic carbocycles. The summed E-state index contributed by atoms with van der Waals surface area (Å²) in [4.78, 5) is 8.47. The molecule has 0 aliphatic rings. The minimum atomic E-state index is 0.881. The first-order valence-corrected chi connectivity index (χ1v) is 5.98. The number of thioether (sulfide) groups is 2. The van der Waals surface area contributed by atoms with Gasteiger partial charge in [-0.25, -0.2) is 4.98 Å². The molecule has 70 valence electrons. The summed E-state index contributed by atoms with van der Waals surface area (Å²) < 4.78 is 0. The Balaban J connectivity index is 2.62. The minimum absolute atomic E-state index is 0.881. The van der Waals surface area contributed by atoms with Crippen molar-refractivity contribution < 1.29 is 0 Å². The summed E-state index contributed by atoms with van der Waals surface area (Å²) in [5, 5.41) is 11.6. The molecule has 2 aromatic rings. The van der Waals surface area contributed by atoms with Crippen LogP contribution in [0.5, 0.6) is 0 Å². The fourth-order valence-electron chi connectivity index (χ4n) is 1.21. The van der Waals surface area contributed by atoms with Crippen molar-refractivity contribution in [2.24, 2.45) is 0 Å². The van der Waals surface area contributed by atoms with E-state index >= 15 is 0 Å². The van der Waals surface area contributed by atoms with Crippen molar-refractivity contribution in [3.63, 3.8) is 0 Å². The Hall–Kier alpha value is -1.12. The molecule has 5 heteroatoms. The Morgan fingerprint density at radius 2 is 2.36 bits per heavy atom. The molecule has 0 atom stereocenters. The topological polar surface area (TPSA) is 52.5 Å². The van der Waals surface area contributed by atoms with Gasteiger partial charge in [0.05, 0.1) is 11.0 Å². The smallest absolute Gasteiger partial charge is 0.166 e. The lowest BCUT2D eigenvalue weighted by molar-refractivity contribution is 1.08. The summed E-state index contributed by atoms with van der Waals surface area (Å²) in [7, 11) is 0. The Morgan fingerprint density at radius 3 is 3.07 bits per heavy atom. The number of nitriles is 1. The van der Waals surface area contributed by atoms with Crippen LogP contribution >= 0.6 is 23.5 Å². The van der Waals surface area contributed by atoms with Crippen LogP contribution in [0.25, 0.3) is 11.0 Å². The van der Waals surface area contributed by atoms with Gasteiger partial charge in [0.25, 0.3) is 0 Å². The fraction of sp³-hybridized carbons (Fsp3) is 0.111. The number of aromatic amines is 1. The molecule has 0 amide bonds. The summed E-state index contributed by atoms with van der Waals surface area (Å²) in [5.74, 6) is 0. The highest BCUT2D eigenvalue weighted by Crippen LogP contribution is 2.27. The van der Waals surface area contributed by atoms with E-state index in [1.165, 1.54) is 0 Å². The molecule has 0 spiro atoms. The number of H-pyrrole nitrogens is 1. The largest absolute Gasteiger partial charge is 0.332 e. The number of para-hydroxylation sites is 1. The van der Waals surface area contributed by atoms with Gasteiger partial charge >= 0.3 is 0 Å². The fourth-order valence-corrected chi connectivity index (χ4v) is 2.11. The van der Waals surface area contributed by atoms with Crippen molar-refractivity contribution in [1.82, 2.24) is 9.97 Å².